The van der Waals surface area contributed by atoms with Crippen LogP contribution in [0.5, 0.6) is 5.75 Å². The van der Waals surface area contributed by atoms with Crippen LogP contribution in [0.15, 0.2) is 24.3 Å². The van der Waals surface area contributed by atoms with Gasteiger partial charge in [0.1, 0.15) is 24.1 Å². The quantitative estimate of drug-likeness (QED) is 0.554. The van der Waals surface area contributed by atoms with E-state index >= 15 is 0 Å². The van der Waals surface area contributed by atoms with E-state index in [1.54, 1.807) is 11.9 Å². The third kappa shape index (κ3) is 4.47. The molecular weight excluding hydrogens is 460 g/mol. The number of likely N-dealkylation sites (N-methyl/N-ethyl adjacent to an activating group) is 1. The zero-order valence-electron chi connectivity index (χ0n) is 21.3. The molecule has 4 aliphatic rings. The van der Waals surface area contributed by atoms with E-state index in [1.165, 1.54) is 0 Å². The van der Waals surface area contributed by atoms with Crippen molar-refractivity contribution in [3.63, 3.8) is 0 Å². The SMILES string of the molecule is CC[C@H](NC)C(=O)N[C@H]1CCO[C@H]2CC3(CCCC3)[C@@H](C(=O)N[C@@H]3CCOc4ccccc43)N2C1=O. The van der Waals surface area contributed by atoms with E-state index in [2.05, 4.69) is 16.0 Å². The monoisotopic (exact) mass is 498 g/mol. The molecule has 0 bridgehead atoms. The molecular formula is C27H38N4O5. The Labute approximate surface area is 212 Å². The molecule has 1 saturated carbocycles. The van der Waals surface area contributed by atoms with Crippen LogP contribution in [0.1, 0.15) is 69.9 Å². The van der Waals surface area contributed by atoms with Crippen LogP contribution in [0, 0.1) is 5.41 Å². The summed E-state index contributed by atoms with van der Waals surface area (Å²) < 4.78 is 12.0. The van der Waals surface area contributed by atoms with Gasteiger partial charge in [0.15, 0.2) is 0 Å². The molecule has 1 aliphatic carbocycles. The number of fused-ring (bicyclic) bond motifs is 2. The normalized spacial score (nSPS) is 29.6. The molecule has 5 atom stereocenters. The minimum Gasteiger partial charge on any atom is -0.493 e. The van der Waals surface area contributed by atoms with Gasteiger partial charge in [0, 0.05) is 30.2 Å². The van der Waals surface area contributed by atoms with E-state index in [0.29, 0.717) is 38.9 Å². The highest BCUT2D eigenvalue weighted by Crippen LogP contribution is 2.53. The van der Waals surface area contributed by atoms with Gasteiger partial charge in [-0.3, -0.25) is 14.4 Å². The van der Waals surface area contributed by atoms with Crippen molar-refractivity contribution < 1.29 is 23.9 Å². The van der Waals surface area contributed by atoms with E-state index < -0.39 is 18.3 Å². The van der Waals surface area contributed by atoms with Gasteiger partial charge in [0.2, 0.25) is 17.7 Å². The van der Waals surface area contributed by atoms with Crippen LogP contribution in [0.3, 0.4) is 0 Å². The first-order valence-electron chi connectivity index (χ1n) is 13.4. The topological polar surface area (TPSA) is 109 Å². The first-order chi connectivity index (χ1) is 17.5. The summed E-state index contributed by atoms with van der Waals surface area (Å²) in [6, 6.07) is 5.93. The van der Waals surface area contributed by atoms with E-state index in [9.17, 15) is 14.4 Å². The van der Waals surface area contributed by atoms with Gasteiger partial charge in [-0.1, -0.05) is 38.0 Å². The summed E-state index contributed by atoms with van der Waals surface area (Å²) >= 11 is 0. The Balaban J connectivity index is 1.41. The van der Waals surface area contributed by atoms with E-state index in [4.69, 9.17) is 9.47 Å². The van der Waals surface area contributed by atoms with Crippen LogP contribution in [0.25, 0.3) is 0 Å². The van der Waals surface area contributed by atoms with Gasteiger partial charge in [0.25, 0.3) is 0 Å². The van der Waals surface area contributed by atoms with Crippen molar-refractivity contribution in [2.45, 2.75) is 88.7 Å². The molecule has 36 heavy (non-hydrogen) atoms. The van der Waals surface area contributed by atoms with Crippen molar-refractivity contribution in [2.75, 3.05) is 20.3 Å². The van der Waals surface area contributed by atoms with Gasteiger partial charge < -0.3 is 30.3 Å². The highest BCUT2D eigenvalue weighted by atomic mass is 16.5. The van der Waals surface area contributed by atoms with Gasteiger partial charge in [-0.15, -0.1) is 0 Å². The van der Waals surface area contributed by atoms with Crippen molar-refractivity contribution >= 4 is 17.7 Å². The second-order valence-corrected chi connectivity index (χ2v) is 10.6. The van der Waals surface area contributed by atoms with E-state index in [0.717, 1.165) is 37.0 Å². The molecule has 3 fully saturated rings. The summed E-state index contributed by atoms with van der Waals surface area (Å²) in [5.41, 5.74) is 0.672. The number of ether oxygens (including phenoxy) is 2. The fraction of sp³-hybridized carbons (Fsp3) is 0.667. The predicted molar refractivity (Wildman–Crippen MR) is 133 cm³/mol. The molecule has 1 spiro atoms. The van der Waals surface area contributed by atoms with Gasteiger partial charge in [-0.25, -0.2) is 0 Å². The first-order valence-corrected chi connectivity index (χ1v) is 13.4. The number of nitrogens with zero attached hydrogens (tertiary/aromatic N) is 1. The molecule has 5 rings (SSSR count). The van der Waals surface area contributed by atoms with Crippen LogP contribution >= 0.6 is 0 Å². The average Bonchev–Trinajstić information content (AvgIpc) is 3.44. The fourth-order valence-corrected chi connectivity index (χ4v) is 6.68. The molecule has 196 valence electrons. The van der Waals surface area contributed by atoms with Gasteiger partial charge >= 0.3 is 0 Å². The Bertz CT molecular complexity index is 990. The van der Waals surface area contributed by atoms with Gasteiger partial charge in [-0.2, -0.15) is 0 Å². The Morgan fingerprint density at radius 1 is 1.11 bits per heavy atom. The first kappa shape index (κ1) is 25.0. The molecule has 0 aromatic heterocycles. The Morgan fingerprint density at radius 2 is 1.86 bits per heavy atom. The molecule has 1 aromatic rings. The number of hydrogen-bond donors (Lipinski definition) is 3. The van der Waals surface area contributed by atoms with Crippen molar-refractivity contribution in [3.05, 3.63) is 29.8 Å². The lowest BCUT2D eigenvalue weighted by Crippen LogP contribution is -2.59. The number of nitrogens with one attached hydrogen (secondary N) is 3. The van der Waals surface area contributed by atoms with Crippen LogP contribution in [-0.4, -0.2) is 67.2 Å². The zero-order valence-corrected chi connectivity index (χ0v) is 21.3. The summed E-state index contributed by atoms with van der Waals surface area (Å²) in [6.07, 6.45) is 5.79. The molecule has 2 saturated heterocycles. The number of carbonyl (C=O) groups is 3. The van der Waals surface area contributed by atoms with Crippen LogP contribution in [0.2, 0.25) is 0 Å². The van der Waals surface area contributed by atoms with Crippen molar-refractivity contribution in [1.29, 1.82) is 0 Å². The van der Waals surface area contributed by atoms with Gasteiger partial charge in [-0.05, 0) is 32.4 Å². The lowest BCUT2D eigenvalue weighted by atomic mass is 9.77. The minimum atomic E-state index is -0.708. The maximum absolute atomic E-state index is 14.0. The van der Waals surface area contributed by atoms with E-state index in [-0.39, 0.29) is 35.2 Å². The number of amides is 3. The van der Waals surface area contributed by atoms with Crippen molar-refractivity contribution in [2.24, 2.45) is 5.41 Å². The smallest absolute Gasteiger partial charge is 0.247 e. The number of hydrogen-bond acceptors (Lipinski definition) is 6. The van der Waals surface area contributed by atoms with Gasteiger partial charge in [0.05, 0.1) is 25.3 Å². The largest absolute Gasteiger partial charge is 0.493 e. The number of benzene rings is 1. The fourth-order valence-electron chi connectivity index (χ4n) is 6.68. The molecule has 9 nitrogen and oxygen atoms in total. The summed E-state index contributed by atoms with van der Waals surface area (Å²) in [5.74, 6) is 0.243. The molecule has 1 aromatic carbocycles. The third-order valence-electron chi connectivity index (χ3n) is 8.53. The van der Waals surface area contributed by atoms with Crippen molar-refractivity contribution in [1.82, 2.24) is 20.9 Å². The molecule has 9 heteroatoms. The molecule has 0 radical (unpaired) electrons. The summed E-state index contributed by atoms with van der Waals surface area (Å²) in [7, 11) is 1.74. The molecule has 3 amide bonds. The Hall–Kier alpha value is -2.65. The zero-order chi connectivity index (χ0) is 25.3. The highest BCUT2D eigenvalue weighted by Gasteiger charge is 2.59. The molecule has 3 heterocycles. The number of rotatable bonds is 6. The lowest BCUT2D eigenvalue weighted by Gasteiger charge is -2.37. The van der Waals surface area contributed by atoms with Crippen LogP contribution < -0.4 is 20.7 Å². The number of para-hydroxylation sites is 1. The second-order valence-electron chi connectivity index (χ2n) is 10.6. The maximum atomic E-state index is 14.0. The summed E-state index contributed by atoms with van der Waals surface area (Å²) in [4.78, 5) is 42.4. The summed E-state index contributed by atoms with van der Waals surface area (Å²) in [5, 5.41) is 9.20. The van der Waals surface area contributed by atoms with Crippen LogP contribution in [-0.2, 0) is 19.1 Å². The predicted octanol–water partition coefficient (Wildman–Crippen LogP) is 2.02. The minimum absolute atomic E-state index is 0.133. The standard InChI is InChI=1S/C27H38N4O5/c1-3-18(28-2)24(32)30-20-11-15-36-22-16-27(12-6-7-13-27)23(31(22)26(20)34)25(33)29-19-10-14-35-21-9-5-4-8-17(19)21/h4-5,8-9,18-20,22-23,28H,3,6-7,10-16H2,1-2H3,(H,29,33)(H,30,32)/t18-,19+,20-,22-,23+/m0/s1. The Morgan fingerprint density at radius 3 is 2.61 bits per heavy atom. The molecule has 3 aliphatic heterocycles. The Kier molecular flexibility index (Phi) is 7.21. The molecule has 0 unspecified atom stereocenters. The third-order valence-corrected chi connectivity index (χ3v) is 8.53. The second kappa shape index (κ2) is 10.4. The highest BCUT2D eigenvalue weighted by molar-refractivity contribution is 5.94. The maximum Gasteiger partial charge on any atom is 0.247 e. The summed E-state index contributed by atoms with van der Waals surface area (Å²) in [6.45, 7) is 2.82. The lowest BCUT2D eigenvalue weighted by molar-refractivity contribution is -0.150. The van der Waals surface area contributed by atoms with E-state index in [1.807, 2.05) is 31.2 Å². The average molecular weight is 499 g/mol. The number of carbonyl (C=O) groups excluding carboxylic acids is 3. The molecule has 3 N–H and O–H groups in total. The van der Waals surface area contributed by atoms with Crippen molar-refractivity contribution in [3.8, 4) is 5.75 Å². The van der Waals surface area contributed by atoms with Crippen LogP contribution in [0.4, 0.5) is 0 Å².